The van der Waals surface area contributed by atoms with Gasteiger partial charge >= 0.3 is 5.97 Å². The number of aromatic nitrogens is 2. The number of fused-ring (bicyclic) bond motifs is 1. The normalized spacial score (nSPS) is 28.0. The molecule has 1 fully saturated rings. The number of hydrogen-bond donors (Lipinski definition) is 2. The first-order valence-corrected chi connectivity index (χ1v) is 5.85. The molecule has 2 aliphatic heterocycles. The zero-order valence-corrected chi connectivity index (χ0v) is 9.43. The van der Waals surface area contributed by atoms with Gasteiger partial charge in [-0.1, -0.05) is 0 Å². The highest BCUT2D eigenvalue weighted by atomic mass is 16.5. The van der Waals surface area contributed by atoms with Gasteiger partial charge in [-0.25, -0.2) is 4.98 Å². The summed E-state index contributed by atoms with van der Waals surface area (Å²) in [6.07, 6.45) is 2.46. The summed E-state index contributed by atoms with van der Waals surface area (Å²) >= 11 is 0. The lowest BCUT2D eigenvalue weighted by Gasteiger charge is -2.22. The van der Waals surface area contributed by atoms with Crippen LogP contribution in [0.4, 0.5) is 0 Å². The van der Waals surface area contributed by atoms with Crippen LogP contribution in [0.25, 0.3) is 0 Å². The summed E-state index contributed by atoms with van der Waals surface area (Å²) in [6.45, 7) is 2.69. The molecule has 2 atom stereocenters. The van der Waals surface area contributed by atoms with Crippen LogP contribution in [-0.4, -0.2) is 33.8 Å². The van der Waals surface area contributed by atoms with Crippen molar-refractivity contribution in [2.45, 2.75) is 25.6 Å². The Bertz CT molecular complexity index is 443. The van der Waals surface area contributed by atoms with Crippen LogP contribution in [-0.2, 0) is 22.7 Å². The Morgan fingerprint density at radius 1 is 1.65 bits per heavy atom. The Labute approximate surface area is 98.6 Å². The topological polar surface area (TPSA) is 76.4 Å². The molecular formula is C11H15N3O3. The van der Waals surface area contributed by atoms with E-state index in [-0.39, 0.29) is 12.0 Å². The minimum atomic E-state index is -0.734. The quantitative estimate of drug-likeness (QED) is 0.765. The predicted molar refractivity (Wildman–Crippen MR) is 58.4 cm³/mol. The Morgan fingerprint density at radius 3 is 3.35 bits per heavy atom. The van der Waals surface area contributed by atoms with Gasteiger partial charge < -0.3 is 19.7 Å². The lowest BCUT2D eigenvalue weighted by molar-refractivity contribution is -0.142. The van der Waals surface area contributed by atoms with Crippen molar-refractivity contribution in [3.05, 3.63) is 17.7 Å². The van der Waals surface area contributed by atoms with E-state index in [9.17, 15) is 9.90 Å². The zero-order valence-electron chi connectivity index (χ0n) is 9.43. The number of carbonyl (C=O) groups is 1. The molecule has 0 bridgehead atoms. The largest absolute Gasteiger partial charge is 0.481 e. The highest BCUT2D eigenvalue weighted by Crippen LogP contribution is 2.31. The van der Waals surface area contributed by atoms with Crippen molar-refractivity contribution in [1.82, 2.24) is 14.9 Å². The van der Waals surface area contributed by atoms with Crippen LogP contribution in [0.2, 0.25) is 0 Å². The molecule has 2 unspecified atom stereocenters. The summed E-state index contributed by atoms with van der Waals surface area (Å²) in [5.74, 6) is -0.189. The first kappa shape index (κ1) is 10.7. The second-order valence-electron chi connectivity index (χ2n) is 4.47. The van der Waals surface area contributed by atoms with Gasteiger partial charge in [0.05, 0.1) is 30.5 Å². The highest BCUT2D eigenvalue weighted by Gasteiger charge is 2.36. The fourth-order valence-corrected chi connectivity index (χ4v) is 2.65. The number of nitrogens with zero attached hydrogens (tertiary/aromatic N) is 2. The molecule has 0 amide bonds. The SMILES string of the molecule is O=C(O)C1CCNC1c1cnc2n1CCOC2. The van der Waals surface area contributed by atoms with Crippen LogP contribution in [0.3, 0.4) is 0 Å². The number of aliphatic carboxylic acids is 1. The van der Waals surface area contributed by atoms with Gasteiger partial charge in [0.2, 0.25) is 0 Å². The molecule has 2 aliphatic rings. The first-order valence-electron chi connectivity index (χ1n) is 5.85. The Hall–Kier alpha value is -1.40. The molecule has 3 heterocycles. The molecule has 0 aromatic carbocycles. The minimum Gasteiger partial charge on any atom is -0.481 e. The van der Waals surface area contributed by atoms with Crippen LogP contribution in [0.1, 0.15) is 24.0 Å². The van der Waals surface area contributed by atoms with Crippen LogP contribution in [0, 0.1) is 5.92 Å². The number of nitrogens with one attached hydrogen (secondary N) is 1. The summed E-state index contributed by atoms with van der Waals surface area (Å²) in [5, 5.41) is 12.5. The van der Waals surface area contributed by atoms with Crippen molar-refractivity contribution >= 4 is 5.97 Å². The van der Waals surface area contributed by atoms with E-state index in [0.717, 1.165) is 24.6 Å². The molecule has 6 heteroatoms. The van der Waals surface area contributed by atoms with E-state index in [4.69, 9.17) is 4.74 Å². The van der Waals surface area contributed by atoms with Crippen LogP contribution in [0.15, 0.2) is 6.20 Å². The fourth-order valence-electron chi connectivity index (χ4n) is 2.65. The van der Waals surface area contributed by atoms with Gasteiger partial charge in [-0.15, -0.1) is 0 Å². The molecular weight excluding hydrogens is 222 g/mol. The van der Waals surface area contributed by atoms with Crippen molar-refractivity contribution in [1.29, 1.82) is 0 Å². The van der Waals surface area contributed by atoms with Crippen molar-refractivity contribution in [3.8, 4) is 0 Å². The predicted octanol–water partition coefficient (Wildman–Crippen LogP) is 0.148. The second-order valence-corrected chi connectivity index (χ2v) is 4.47. The molecule has 0 aliphatic carbocycles. The number of rotatable bonds is 2. The van der Waals surface area contributed by atoms with Crippen LogP contribution < -0.4 is 5.32 Å². The third kappa shape index (κ3) is 1.73. The molecule has 3 rings (SSSR count). The molecule has 1 aromatic rings. The average molecular weight is 237 g/mol. The van der Waals surface area contributed by atoms with E-state index in [1.54, 1.807) is 6.20 Å². The van der Waals surface area contributed by atoms with Gasteiger partial charge in [0, 0.05) is 6.54 Å². The minimum absolute atomic E-state index is 0.119. The van der Waals surface area contributed by atoms with Gasteiger partial charge in [0.1, 0.15) is 12.4 Å². The van der Waals surface area contributed by atoms with E-state index in [1.165, 1.54) is 0 Å². The molecule has 0 saturated carbocycles. The smallest absolute Gasteiger partial charge is 0.308 e. The summed E-state index contributed by atoms with van der Waals surface area (Å²) in [5.41, 5.74) is 0.980. The maximum Gasteiger partial charge on any atom is 0.308 e. The number of ether oxygens (including phenoxy) is 1. The second kappa shape index (κ2) is 4.12. The monoisotopic (exact) mass is 237 g/mol. The number of carboxylic acids is 1. The highest BCUT2D eigenvalue weighted by molar-refractivity contribution is 5.71. The van der Waals surface area contributed by atoms with Gasteiger partial charge in [-0.2, -0.15) is 0 Å². The third-order valence-electron chi connectivity index (χ3n) is 3.52. The standard InChI is InChI=1S/C11H15N3O3/c15-11(16)7-1-2-12-10(7)8-5-13-9-6-17-4-3-14(8)9/h5,7,10,12H,1-4,6H2,(H,15,16). The summed E-state index contributed by atoms with van der Waals surface area (Å²) in [7, 11) is 0. The Morgan fingerprint density at radius 2 is 2.53 bits per heavy atom. The van der Waals surface area contributed by atoms with E-state index in [0.29, 0.717) is 19.6 Å². The first-order chi connectivity index (χ1) is 8.27. The Kier molecular flexibility index (Phi) is 2.60. The van der Waals surface area contributed by atoms with Crippen molar-refractivity contribution < 1.29 is 14.6 Å². The van der Waals surface area contributed by atoms with E-state index < -0.39 is 5.97 Å². The number of imidazole rings is 1. The fraction of sp³-hybridized carbons (Fsp3) is 0.636. The van der Waals surface area contributed by atoms with Gasteiger partial charge in [0.25, 0.3) is 0 Å². The van der Waals surface area contributed by atoms with Crippen LogP contribution >= 0.6 is 0 Å². The maximum absolute atomic E-state index is 11.2. The maximum atomic E-state index is 11.2. The van der Waals surface area contributed by atoms with Gasteiger partial charge in [0.15, 0.2) is 0 Å². The molecule has 1 saturated heterocycles. The van der Waals surface area contributed by atoms with E-state index in [1.807, 2.05) is 0 Å². The Balaban J connectivity index is 1.93. The van der Waals surface area contributed by atoms with E-state index >= 15 is 0 Å². The lowest BCUT2D eigenvalue weighted by Crippen LogP contribution is -2.28. The van der Waals surface area contributed by atoms with Gasteiger partial charge in [-0.05, 0) is 13.0 Å². The zero-order chi connectivity index (χ0) is 11.8. The molecule has 17 heavy (non-hydrogen) atoms. The lowest BCUT2D eigenvalue weighted by atomic mass is 9.98. The molecule has 0 radical (unpaired) electrons. The summed E-state index contributed by atoms with van der Waals surface area (Å²) in [6, 6.07) is -0.119. The number of carboxylic acid groups (broad SMARTS) is 1. The van der Waals surface area contributed by atoms with Crippen LogP contribution in [0.5, 0.6) is 0 Å². The van der Waals surface area contributed by atoms with Crippen molar-refractivity contribution in [3.63, 3.8) is 0 Å². The van der Waals surface area contributed by atoms with E-state index in [2.05, 4.69) is 14.9 Å². The molecule has 1 aromatic heterocycles. The van der Waals surface area contributed by atoms with Crippen molar-refractivity contribution in [2.75, 3.05) is 13.2 Å². The van der Waals surface area contributed by atoms with Crippen molar-refractivity contribution in [2.24, 2.45) is 5.92 Å². The molecule has 92 valence electrons. The average Bonchev–Trinajstić information content (AvgIpc) is 2.94. The summed E-state index contributed by atoms with van der Waals surface area (Å²) < 4.78 is 7.41. The number of hydrogen-bond acceptors (Lipinski definition) is 4. The summed E-state index contributed by atoms with van der Waals surface area (Å²) in [4.78, 5) is 15.5. The van der Waals surface area contributed by atoms with Gasteiger partial charge in [-0.3, -0.25) is 4.79 Å². The molecule has 2 N–H and O–H groups in total. The molecule has 6 nitrogen and oxygen atoms in total. The third-order valence-corrected chi connectivity index (χ3v) is 3.52. The molecule has 0 spiro atoms.